The summed E-state index contributed by atoms with van der Waals surface area (Å²) in [7, 11) is 0. The van der Waals surface area contributed by atoms with E-state index in [1.165, 1.54) is 11.3 Å². The summed E-state index contributed by atoms with van der Waals surface area (Å²) in [5, 5.41) is 0.750. The molecule has 0 unspecified atom stereocenters. The predicted molar refractivity (Wildman–Crippen MR) is 97.8 cm³/mol. The van der Waals surface area contributed by atoms with Gasteiger partial charge in [0, 0.05) is 13.1 Å². The van der Waals surface area contributed by atoms with E-state index in [4.69, 9.17) is 15.2 Å². The number of carbonyl (C=O) groups is 1. The van der Waals surface area contributed by atoms with Crippen LogP contribution >= 0.6 is 11.3 Å². The SMILES string of the molecule is CCOC(=O)c1sc2nc(CN3C[C@H](C)O[C@@H](C)C3)nc(N)c2c1C. The molecule has 0 saturated carbocycles. The first kappa shape index (κ1) is 18.0. The van der Waals surface area contributed by atoms with Gasteiger partial charge >= 0.3 is 5.97 Å². The lowest BCUT2D eigenvalue weighted by Crippen LogP contribution is -2.45. The van der Waals surface area contributed by atoms with E-state index in [-0.39, 0.29) is 18.2 Å². The Kier molecular flexibility index (Phi) is 5.21. The zero-order valence-corrected chi connectivity index (χ0v) is 15.9. The van der Waals surface area contributed by atoms with Gasteiger partial charge in [-0.05, 0) is 33.3 Å². The molecule has 25 heavy (non-hydrogen) atoms. The maximum atomic E-state index is 12.1. The summed E-state index contributed by atoms with van der Waals surface area (Å²) in [6, 6.07) is 0. The number of fused-ring (bicyclic) bond motifs is 1. The molecule has 2 aromatic heterocycles. The first-order valence-electron chi connectivity index (χ1n) is 8.49. The van der Waals surface area contributed by atoms with Crippen LogP contribution in [-0.4, -0.2) is 52.7 Å². The van der Waals surface area contributed by atoms with Crippen LogP contribution < -0.4 is 5.73 Å². The Morgan fingerprint density at radius 1 is 1.36 bits per heavy atom. The van der Waals surface area contributed by atoms with Crippen LogP contribution in [0.4, 0.5) is 5.82 Å². The molecule has 2 N–H and O–H groups in total. The molecule has 8 heteroatoms. The molecule has 1 aliphatic rings. The number of hydrogen-bond acceptors (Lipinski definition) is 8. The van der Waals surface area contributed by atoms with E-state index in [1.807, 2.05) is 6.92 Å². The van der Waals surface area contributed by atoms with Gasteiger partial charge < -0.3 is 15.2 Å². The van der Waals surface area contributed by atoms with Crippen molar-refractivity contribution in [3.05, 3.63) is 16.3 Å². The minimum absolute atomic E-state index is 0.184. The Morgan fingerprint density at radius 3 is 2.68 bits per heavy atom. The largest absolute Gasteiger partial charge is 0.462 e. The van der Waals surface area contributed by atoms with Crippen molar-refractivity contribution in [3.8, 4) is 0 Å². The fourth-order valence-corrected chi connectivity index (χ4v) is 4.39. The van der Waals surface area contributed by atoms with Crippen molar-refractivity contribution in [1.29, 1.82) is 0 Å². The molecule has 3 heterocycles. The van der Waals surface area contributed by atoms with Crippen molar-refractivity contribution in [2.24, 2.45) is 0 Å². The Hall–Kier alpha value is -1.77. The number of nitrogen functional groups attached to an aromatic ring is 1. The topological polar surface area (TPSA) is 90.6 Å². The highest BCUT2D eigenvalue weighted by molar-refractivity contribution is 7.20. The Balaban J connectivity index is 1.89. The number of nitrogens with two attached hydrogens (primary N) is 1. The van der Waals surface area contributed by atoms with Crippen LogP contribution in [0.25, 0.3) is 10.2 Å². The summed E-state index contributed by atoms with van der Waals surface area (Å²) in [5.41, 5.74) is 6.95. The number of carbonyl (C=O) groups excluding carboxylic acids is 1. The summed E-state index contributed by atoms with van der Waals surface area (Å²) in [4.78, 5) is 24.8. The first-order valence-corrected chi connectivity index (χ1v) is 9.31. The maximum absolute atomic E-state index is 12.1. The van der Waals surface area contributed by atoms with Gasteiger partial charge in [-0.25, -0.2) is 14.8 Å². The monoisotopic (exact) mass is 364 g/mol. The molecule has 0 amide bonds. The smallest absolute Gasteiger partial charge is 0.348 e. The Morgan fingerprint density at radius 2 is 2.04 bits per heavy atom. The quantitative estimate of drug-likeness (QED) is 0.833. The van der Waals surface area contributed by atoms with Gasteiger partial charge in [-0.2, -0.15) is 0 Å². The standard InChI is InChI=1S/C17H24N4O3S/c1-5-23-17(22)14-11(4)13-15(18)19-12(20-16(13)25-14)8-21-6-9(2)24-10(3)7-21/h9-10H,5-8H2,1-4H3,(H2,18,19,20)/t9-,10-/m0/s1. The van der Waals surface area contributed by atoms with Gasteiger partial charge in [0.1, 0.15) is 21.3 Å². The summed E-state index contributed by atoms with van der Waals surface area (Å²) in [5.74, 6) is 0.751. The highest BCUT2D eigenvalue weighted by atomic mass is 32.1. The average molecular weight is 364 g/mol. The number of aryl methyl sites for hydroxylation is 1. The van der Waals surface area contributed by atoms with E-state index in [2.05, 4.69) is 28.7 Å². The molecule has 2 atom stereocenters. The van der Waals surface area contributed by atoms with Crippen LogP contribution in [0.1, 0.15) is 41.8 Å². The van der Waals surface area contributed by atoms with E-state index in [1.54, 1.807) is 6.92 Å². The number of morpholine rings is 1. The average Bonchev–Trinajstić information content (AvgIpc) is 2.83. The van der Waals surface area contributed by atoms with E-state index in [0.29, 0.717) is 29.7 Å². The van der Waals surface area contributed by atoms with E-state index in [9.17, 15) is 4.79 Å². The van der Waals surface area contributed by atoms with Gasteiger partial charge in [0.05, 0.1) is 30.7 Å². The molecular weight excluding hydrogens is 340 g/mol. The molecule has 0 radical (unpaired) electrons. The fraction of sp³-hybridized carbons (Fsp3) is 0.588. The molecular formula is C17H24N4O3S. The zero-order chi connectivity index (χ0) is 18.1. The molecule has 1 saturated heterocycles. The molecule has 0 spiro atoms. The second-order valence-corrected chi connectivity index (χ2v) is 7.43. The molecule has 1 aliphatic heterocycles. The number of aromatic nitrogens is 2. The third-order valence-corrected chi connectivity index (χ3v) is 5.35. The van der Waals surface area contributed by atoms with Crippen LogP contribution in [0.3, 0.4) is 0 Å². The number of hydrogen-bond donors (Lipinski definition) is 1. The summed E-state index contributed by atoms with van der Waals surface area (Å²) in [6.07, 6.45) is 0.369. The van der Waals surface area contributed by atoms with Gasteiger partial charge in [0.2, 0.25) is 0 Å². The highest BCUT2D eigenvalue weighted by Gasteiger charge is 2.24. The fourth-order valence-electron chi connectivity index (χ4n) is 3.29. The van der Waals surface area contributed by atoms with E-state index >= 15 is 0 Å². The molecule has 0 aliphatic carbocycles. The molecule has 0 aromatic carbocycles. The normalized spacial score (nSPS) is 21.6. The van der Waals surface area contributed by atoms with E-state index in [0.717, 1.165) is 28.9 Å². The number of rotatable bonds is 4. The van der Waals surface area contributed by atoms with Gasteiger partial charge in [-0.1, -0.05) is 0 Å². The third-order valence-electron chi connectivity index (χ3n) is 4.19. The second-order valence-electron chi connectivity index (χ2n) is 6.43. The van der Waals surface area contributed by atoms with Crippen LogP contribution in [0, 0.1) is 6.92 Å². The minimum Gasteiger partial charge on any atom is -0.462 e. The zero-order valence-electron chi connectivity index (χ0n) is 15.0. The van der Waals surface area contributed by atoms with E-state index < -0.39 is 0 Å². The molecule has 136 valence electrons. The number of ether oxygens (including phenoxy) is 2. The summed E-state index contributed by atoms with van der Waals surface area (Å²) >= 11 is 1.31. The lowest BCUT2D eigenvalue weighted by atomic mass is 10.2. The summed E-state index contributed by atoms with van der Waals surface area (Å²) in [6.45, 7) is 10.4. The molecule has 7 nitrogen and oxygen atoms in total. The summed E-state index contributed by atoms with van der Waals surface area (Å²) < 4.78 is 10.9. The maximum Gasteiger partial charge on any atom is 0.348 e. The highest BCUT2D eigenvalue weighted by Crippen LogP contribution is 2.33. The van der Waals surface area contributed by atoms with Crippen molar-refractivity contribution in [3.63, 3.8) is 0 Å². The first-order chi connectivity index (χ1) is 11.9. The van der Waals surface area contributed by atoms with Crippen molar-refractivity contribution in [1.82, 2.24) is 14.9 Å². The number of nitrogens with zero attached hydrogens (tertiary/aromatic N) is 3. The van der Waals surface area contributed by atoms with Crippen molar-refractivity contribution in [2.75, 3.05) is 25.4 Å². The molecule has 3 rings (SSSR count). The molecule has 2 aromatic rings. The lowest BCUT2D eigenvalue weighted by molar-refractivity contribution is -0.0710. The van der Waals surface area contributed by atoms with Crippen molar-refractivity contribution < 1.29 is 14.3 Å². The lowest BCUT2D eigenvalue weighted by Gasteiger charge is -2.34. The van der Waals surface area contributed by atoms with Crippen LogP contribution in [0.15, 0.2) is 0 Å². The van der Waals surface area contributed by atoms with Gasteiger partial charge in [0.15, 0.2) is 0 Å². The molecule has 0 bridgehead atoms. The third kappa shape index (κ3) is 3.75. The van der Waals surface area contributed by atoms with Gasteiger partial charge in [-0.15, -0.1) is 11.3 Å². The number of thiophene rings is 1. The van der Waals surface area contributed by atoms with Gasteiger partial charge in [-0.3, -0.25) is 4.90 Å². The van der Waals surface area contributed by atoms with Gasteiger partial charge in [0.25, 0.3) is 0 Å². The predicted octanol–water partition coefficient (Wildman–Crippen LogP) is 2.37. The second kappa shape index (κ2) is 7.23. The van der Waals surface area contributed by atoms with Crippen molar-refractivity contribution in [2.45, 2.75) is 46.4 Å². The van der Waals surface area contributed by atoms with Crippen LogP contribution in [0.5, 0.6) is 0 Å². The van der Waals surface area contributed by atoms with Crippen LogP contribution in [0.2, 0.25) is 0 Å². The minimum atomic E-state index is -0.334. The Bertz CT molecular complexity index is 782. The Labute approximate surface area is 151 Å². The number of esters is 1. The van der Waals surface area contributed by atoms with Crippen molar-refractivity contribution >= 4 is 33.3 Å². The van der Waals surface area contributed by atoms with Crippen LogP contribution in [-0.2, 0) is 16.0 Å². The number of anilines is 1. The molecule has 1 fully saturated rings.